The number of alkyl carbamates (subject to hydrolysis) is 2. The van der Waals surface area contributed by atoms with Gasteiger partial charge in [0.1, 0.15) is 24.1 Å². The van der Waals surface area contributed by atoms with Crippen molar-refractivity contribution in [1.29, 1.82) is 0 Å². The number of imidazole rings is 1. The van der Waals surface area contributed by atoms with Crippen LogP contribution in [0.4, 0.5) is 9.59 Å². The van der Waals surface area contributed by atoms with E-state index in [0.717, 1.165) is 60.2 Å². The van der Waals surface area contributed by atoms with Crippen LogP contribution >= 0.6 is 0 Å². The van der Waals surface area contributed by atoms with Crippen molar-refractivity contribution < 1.29 is 28.7 Å². The van der Waals surface area contributed by atoms with Crippen molar-refractivity contribution in [3.8, 4) is 33.6 Å². The topological polar surface area (TPSA) is 167 Å². The van der Waals surface area contributed by atoms with E-state index in [4.69, 9.17) is 9.47 Å². The van der Waals surface area contributed by atoms with E-state index in [2.05, 4.69) is 72.8 Å². The van der Waals surface area contributed by atoms with E-state index in [9.17, 15) is 19.2 Å². The molecule has 294 valence electrons. The Hall–Kier alpha value is -5.53. The molecule has 2 aromatic heterocycles. The first kappa shape index (κ1) is 39.2. The van der Waals surface area contributed by atoms with E-state index in [1.807, 2.05) is 39.5 Å². The fraction of sp³-hybridized carbons (Fsp3) is 0.488. The van der Waals surface area contributed by atoms with E-state index >= 15 is 0 Å². The van der Waals surface area contributed by atoms with Gasteiger partial charge in [0.15, 0.2) is 0 Å². The average molecular weight is 755 g/mol. The van der Waals surface area contributed by atoms with E-state index < -0.39 is 24.3 Å². The second kappa shape index (κ2) is 16.5. The van der Waals surface area contributed by atoms with Gasteiger partial charge in [-0.05, 0) is 73.1 Å². The zero-order valence-electron chi connectivity index (χ0n) is 33.1. The number of H-pyrrole nitrogens is 2. The number of ether oxygens (including phenoxy) is 2. The number of methoxy groups -OCH3 is 2. The maximum atomic E-state index is 13.8. The standard InChI is InChI=1S/C41H54N8O6/c1-23(2)34(44-40(52)54-7)38(50)47(6)25(5)37-42-22-32(43-37)27-16-14-26(15-17-27)28-18-19-30-29(21-28)11-9-12-31-36(30)49(46-31)33-13-10-20-48(33)39(51)35(24(3)4)45-41(53)55-8/h14-19,21-25,33-35,46H,9-13,20H2,1-8H3,(H,42,43)(H,44,52)(H,45,53)/t25-,33?,34-,35?/m0/s1. The highest BCUT2D eigenvalue weighted by molar-refractivity contribution is 5.87. The molecule has 2 unspecified atom stereocenters. The molecule has 0 spiro atoms. The summed E-state index contributed by atoms with van der Waals surface area (Å²) in [6.45, 7) is 10.1. The summed E-state index contributed by atoms with van der Waals surface area (Å²) in [5.41, 5.74) is 8.82. The minimum Gasteiger partial charge on any atom is -0.453 e. The van der Waals surface area contributed by atoms with Crippen molar-refractivity contribution in [1.82, 2.24) is 40.2 Å². The molecule has 1 aliphatic carbocycles. The van der Waals surface area contributed by atoms with Crippen molar-refractivity contribution in [2.24, 2.45) is 11.8 Å². The van der Waals surface area contributed by atoms with Gasteiger partial charge < -0.3 is 34.9 Å². The largest absolute Gasteiger partial charge is 0.453 e. The number of rotatable bonds is 11. The lowest BCUT2D eigenvalue weighted by molar-refractivity contribution is -0.137. The van der Waals surface area contributed by atoms with Crippen molar-refractivity contribution in [2.75, 3.05) is 27.8 Å². The molecule has 6 rings (SSSR count). The Morgan fingerprint density at radius 2 is 1.49 bits per heavy atom. The number of aromatic nitrogens is 4. The Labute approximate surface area is 322 Å². The number of nitrogens with one attached hydrogen (secondary N) is 4. The Morgan fingerprint density at radius 1 is 0.855 bits per heavy atom. The first-order valence-electron chi connectivity index (χ1n) is 19.2. The Morgan fingerprint density at radius 3 is 2.15 bits per heavy atom. The number of hydrogen-bond donors (Lipinski definition) is 4. The van der Waals surface area contributed by atoms with Gasteiger partial charge in [-0.2, -0.15) is 0 Å². The Kier molecular flexibility index (Phi) is 11.7. The van der Waals surface area contributed by atoms with Gasteiger partial charge in [0.05, 0.1) is 43.5 Å². The summed E-state index contributed by atoms with van der Waals surface area (Å²) in [6, 6.07) is 13.2. The molecule has 14 nitrogen and oxygen atoms in total. The number of nitrogens with zero attached hydrogens (tertiary/aromatic N) is 4. The molecule has 2 aromatic carbocycles. The lowest BCUT2D eigenvalue weighted by Crippen LogP contribution is -2.52. The first-order valence-corrected chi connectivity index (χ1v) is 19.2. The molecule has 2 aliphatic rings. The average Bonchev–Trinajstić information content (AvgIpc) is 3.84. The highest BCUT2D eigenvalue weighted by atomic mass is 16.5. The SMILES string of the molecule is COC(=O)NC(C(=O)N1CCCC1n1[nH]c2c1-c1ccc(-c3ccc(-c4cnc([C@H](C)N(C)C(=O)[C@@H](NC(=O)OC)C(C)C)[nH]4)cc3)cc1CCC2)C(C)C. The summed E-state index contributed by atoms with van der Waals surface area (Å²) in [7, 11) is 4.28. The van der Waals surface area contributed by atoms with Crippen LogP contribution in [0.3, 0.4) is 0 Å². The Bertz CT molecular complexity index is 2010. The van der Waals surface area contributed by atoms with Gasteiger partial charge in [-0.3, -0.25) is 19.4 Å². The van der Waals surface area contributed by atoms with E-state index in [0.29, 0.717) is 12.4 Å². The molecule has 0 bridgehead atoms. The second-order valence-corrected chi connectivity index (χ2v) is 15.3. The maximum Gasteiger partial charge on any atom is 0.407 e. The van der Waals surface area contributed by atoms with Crippen LogP contribution < -0.4 is 10.6 Å². The fourth-order valence-electron chi connectivity index (χ4n) is 7.69. The molecule has 0 saturated carbocycles. The molecule has 0 radical (unpaired) electrons. The summed E-state index contributed by atoms with van der Waals surface area (Å²) >= 11 is 0. The van der Waals surface area contributed by atoms with Gasteiger partial charge in [-0.25, -0.2) is 14.6 Å². The van der Waals surface area contributed by atoms with E-state index in [-0.39, 0.29) is 35.9 Å². The predicted molar refractivity (Wildman–Crippen MR) is 209 cm³/mol. The van der Waals surface area contributed by atoms with E-state index in [1.165, 1.54) is 31.0 Å². The molecule has 4 amide bonds. The summed E-state index contributed by atoms with van der Waals surface area (Å²) in [4.78, 5) is 62.5. The number of benzene rings is 2. The number of carbonyl (C=O) groups excluding carboxylic acids is 4. The number of fused-ring (bicyclic) bond motifs is 3. The predicted octanol–water partition coefficient (Wildman–Crippen LogP) is 6.43. The quantitative estimate of drug-likeness (QED) is 0.137. The van der Waals surface area contributed by atoms with Crippen LogP contribution in [0, 0.1) is 11.8 Å². The highest BCUT2D eigenvalue weighted by Gasteiger charge is 2.39. The van der Waals surface area contributed by atoms with Crippen LogP contribution in [0.15, 0.2) is 48.7 Å². The normalized spacial score (nSPS) is 16.8. The molecular formula is C41H54N8O6. The van der Waals surface area contributed by atoms with Gasteiger partial charge in [0, 0.05) is 19.2 Å². The smallest absolute Gasteiger partial charge is 0.407 e. The third-order valence-corrected chi connectivity index (χ3v) is 11.0. The van der Waals surface area contributed by atoms with Crippen LogP contribution in [0.1, 0.15) is 83.2 Å². The van der Waals surface area contributed by atoms with Crippen LogP contribution in [-0.4, -0.2) is 93.4 Å². The zero-order chi connectivity index (χ0) is 39.6. The number of hydrogen-bond acceptors (Lipinski definition) is 7. The van der Waals surface area contributed by atoms with Gasteiger partial charge in [0.2, 0.25) is 11.8 Å². The molecule has 55 heavy (non-hydrogen) atoms. The fourth-order valence-corrected chi connectivity index (χ4v) is 7.69. The summed E-state index contributed by atoms with van der Waals surface area (Å²) < 4.78 is 11.7. The third kappa shape index (κ3) is 7.99. The molecule has 1 saturated heterocycles. The molecule has 1 aliphatic heterocycles. The molecule has 4 N–H and O–H groups in total. The lowest BCUT2D eigenvalue weighted by Gasteiger charge is -2.35. The first-order chi connectivity index (χ1) is 26.3. The van der Waals surface area contributed by atoms with Crippen LogP contribution in [0.25, 0.3) is 33.6 Å². The summed E-state index contributed by atoms with van der Waals surface area (Å²) in [6.07, 6.45) is 4.97. The highest BCUT2D eigenvalue weighted by Crippen LogP contribution is 2.40. The second-order valence-electron chi connectivity index (χ2n) is 15.3. The molecule has 1 fully saturated rings. The number of carbonyl (C=O) groups is 4. The van der Waals surface area contributed by atoms with Gasteiger partial charge in [-0.1, -0.05) is 70.2 Å². The van der Waals surface area contributed by atoms with E-state index in [1.54, 1.807) is 18.1 Å². The van der Waals surface area contributed by atoms with Gasteiger partial charge >= 0.3 is 12.2 Å². The minimum atomic E-state index is -0.730. The molecule has 3 heterocycles. The third-order valence-electron chi connectivity index (χ3n) is 11.0. The van der Waals surface area contributed by atoms with Crippen LogP contribution in [0.2, 0.25) is 0 Å². The summed E-state index contributed by atoms with van der Waals surface area (Å²) in [5, 5.41) is 8.97. The number of likely N-dealkylation sites (N-methyl/N-ethyl adjacent to an activating group) is 1. The van der Waals surface area contributed by atoms with Crippen molar-refractivity contribution in [3.05, 3.63) is 65.7 Å². The summed E-state index contributed by atoms with van der Waals surface area (Å²) in [5.74, 6) is 0.0830. The van der Waals surface area contributed by atoms with Crippen molar-refractivity contribution in [2.45, 2.75) is 91.0 Å². The van der Waals surface area contributed by atoms with Crippen LogP contribution in [-0.2, 0) is 31.9 Å². The molecule has 14 heteroatoms. The molecule has 4 aromatic rings. The molecular weight excluding hydrogens is 701 g/mol. The monoisotopic (exact) mass is 754 g/mol. The zero-order valence-corrected chi connectivity index (χ0v) is 33.1. The Balaban J connectivity index is 1.18. The number of aryl methyl sites for hydroxylation is 2. The minimum absolute atomic E-state index is 0.0927. The molecule has 4 atom stereocenters. The lowest BCUT2D eigenvalue weighted by atomic mass is 9.95. The number of amides is 4. The van der Waals surface area contributed by atoms with Crippen LogP contribution in [0.5, 0.6) is 0 Å². The van der Waals surface area contributed by atoms with Gasteiger partial charge in [0.25, 0.3) is 0 Å². The van der Waals surface area contributed by atoms with Crippen molar-refractivity contribution in [3.63, 3.8) is 0 Å². The number of likely N-dealkylation sites (tertiary alicyclic amines) is 1. The number of aromatic amines is 2. The van der Waals surface area contributed by atoms with Crippen molar-refractivity contribution >= 4 is 24.0 Å². The van der Waals surface area contributed by atoms with Gasteiger partial charge in [-0.15, -0.1) is 0 Å². The maximum absolute atomic E-state index is 13.8.